The van der Waals surface area contributed by atoms with Crippen molar-refractivity contribution in [3.05, 3.63) is 180 Å². The number of aromatic nitrogens is 4. The first kappa shape index (κ1) is 70.8. The zero-order chi connectivity index (χ0) is 56.3. The summed E-state index contributed by atoms with van der Waals surface area (Å²) in [6.07, 6.45) is 12.3. The monoisotopic (exact) mass is 1100 g/mol. The fourth-order valence-electron chi connectivity index (χ4n) is 10.1. The van der Waals surface area contributed by atoms with Gasteiger partial charge in [0.05, 0.1) is 30.8 Å². The smallest absolute Gasteiger partial charge is 0.551 e. The Morgan fingerprint density at radius 2 is 1.69 bits per heavy atom. The summed E-state index contributed by atoms with van der Waals surface area (Å²) >= 11 is 0. The number of rotatable bonds is 20. The van der Waals surface area contributed by atoms with Crippen molar-refractivity contribution in [1.29, 1.82) is 10.5 Å². The van der Waals surface area contributed by atoms with Crippen LogP contribution in [0.5, 0.6) is 17.8 Å². The van der Waals surface area contributed by atoms with Gasteiger partial charge in [-0.15, -0.1) is 48.1 Å². The number of carbonyl (C=O) groups excluding carboxylic acids is 2. The van der Waals surface area contributed by atoms with E-state index in [1.54, 1.807) is 17.0 Å². The standard InChI is InChI=1S/C50H59N11O3.C10H7O.C3H3O.CH3.3Li/c1-7-41-36(5)53-49(55-47(41)58(9-3)25-13-12-22-51)63-29-15-16-35(4)38-30-37-17-10-11-19-42(37)45(31-38)59-26-21-43-44(33-59)54-50(64-34-40-18-14-24-57(40)6)56-48(43)60-27-28-61(46(62)8-2)39(32-60)20-23-52;11-10-6-5-8-3-1-2-4-9(8)7-10;1-2-3-4;;;;/h8,10-11,13,15,17,19,30-31,35,39-40H,1-5,7,9,12,14,16,18,20-21,24-29,32-34H2,6H3;1-4,6-7,11H;2H,1H2;1H3;;;/q-6;3*-1;3*+1/t35?,39?,40-;;;;;;/m1....../s1. The molecule has 0 spiro atoms. The van der Waals surface area contributed by atoms with Crippen LogP contribution >= 0.6 is 0 Å². The number of anilines is 3. The molecule has 3 atom stereocenters. The number of fused-ring (bicyclic) bond motifs is 3. The molecule has 83 heavy (non-hydrogen) atoms. The number of nitrogens with zero attached hydrogens (tertiary/aromatic N) is 11. The van der Waals surface area contributed by atoms with Gasteiger partial charge < -0.3 is 72.1 Å². The first-order valence-corrected chi connectivity index (χ1v) is 26.6. The molecule has 3 aliphatic rings. The van der Waals surface area contributed by atoms with E-state index in [1.165, 1.54) is 12.4 Å². The predicted octanol–water partition coefficient (Wildman–Crippen LogP) is 0.571. The molecule has 0 saturated carbocycles. The minimum absolute atomic E-state index is 0. The van der Waals surface area contributed by atoms with Crippen molar-refractivity contribution < 1.29 is 80.8 Å². The maximum absolute atomic E-state index is 12.8. The number of hydrogen-bond donors (Lipinski definition) is 1. The number of nitriles is 2. The quantitative estimate of drug-likeness (QED) is 0.0484. The average Bonchev–Trinajstić information content (AvgIpc) is 3.98. The molecule has 2 unspecified atom stereocenters. The molecular weight excluding hydrogens is 1020 g/mol. The number of allylic oxidation sites excluding steroid dienone is 1. The minimum Gasteiger partial charge on any atom is -0.551 e. The molecular formula is C64H72Li3N11O5-6. The maximum Gasteiger partial charge on any atom is 1.00 e. The number of phenols is 1. The van der Waals surface area contributed by atoms with E-state index in [1.807, 2.05) is 35.6 Å². The molecule has 422 valence electrons. The van der Waals surface area contributed by atoms with Gasteiger partial charge in [-0.3, -0.25) is 17.6 Å². The Morgan fingerprint density at radius 3 is 2.37 bits per heavy atom. The summed E-state index contributed by atoms with van der Waals surface area (Å²) in [6, 6.07) is 32.0. The molecule has 2 saturated heterocycles. The fraction of sp³-hybridized carbons (Fsp3) is 0.328. The van der Waals surface area contributed by atoms with E-state index >= 15 is 0 Å². The third-order valence-corrected chi connectivity index (χ3v) is 14.3. The normalized spacial score (nSPS) is 15.5. The minimum atomic E-state index is -0.285. The number of phenolic OH excluding ortho intramolecular Hbond substituents is 1. The van der Waals surface area contributed by atoms with E-state index in [0.29, 0.717) is 95.1 Å². The summed E-state index contributed by atoms with van der Waals surface area (Å²) < 4.78 is 12.5. The summed E-state index contributed by atoms with van der Waals surface area (Å²) in [4.78, 5) is 51.7. The van der Waals surface area contributed by atoms with E-state index in [2.05, 4.69) is 129 Å². The summed E-state index contributed by atoms with van der Waals surface area (Å²) in [7, 11) is 2.13. The number of ether oxygens (including phenoxy) is 2. The van der Waals surface area contributed by atoms with Crippen LogP contribution in [-0.2, 0) is 29.0 Å². The van der Waals surface area contributed by atoms with Crippen molar-refractivity contribution in [3.8, 4) is 29.9 Å². The number of piperazine rings is 1. The second-order valence-corrected chi connectivity index (χ2v) is 19.4. The first-order valence-electron chi connectivity index (χ1n) is 26.6. The summed E-state index contributed by atoms with van der Waals surface area (Å²) in [5.41, 5.74) is 5.59. The van der Waals surface area contributed by atoms with Crippen LogP contribution in [0.1, 0.15) is 66.1 Å². The third kappa shape index (κ3) is 18.8. The van der Waals surface area contributed by atoms with Gasteiger partial charge in [0.15, 0.2) is 0 Å². The molecule has 2 aromatic heterocycles. The van der Waals surface area contributed by atoms with Gasteiger partial charge in [-0.1, -0.05) is 72.8 Å². The Labute approximate surface area is 528 Å². The van der Waals surface area contributed by atoms with Crippen LogP contribution in [0, 0.1) is 76.7 Å². The Morgan fingerprint density at radius 1 is 0.952 bits per heavy atom. The third-order valence-electron chi connectivity index (χ3n) is 14.3. The summed E-state index contributed by atoms with van der Waals surface area (Å²) in [5.74, 6) is 1.53. The molecule has 6 aromatic rings. The van der Waals surface area contributed by atoms with Gasteiger partial charge in [-0.05, 0) is 63.3 Å². The maximum atomic E-state index is 12.8. The van der Waals surface area contributed by atoms with Gasteiger partial charge >= 0.3 is 68.6 Å². The zero-order valence-electron chi connectivity index (χ0n) is 49.2. The van der Waals surface area contributed by atoms with Gasteiger partial charge in [0.2, 0.25) is 5.91 Å². The molecule has 5 heterocycles. The van der Waals surface area contributed by atoms with Crippen LogP contribution in [0.4, 0.5) is 17.3 Å². The Kier molecular flexibility index (Phi) is 30.4. The van der Waals surface area contributed by atoms with Crippen LogP contribution in [0.25, 0.3) is 21.5 Å². The van der Waals surface area contributed by atoms with Crippen LogP contribution < -0.4 is 80.8 Å². The van der Waals surface area contributed by atoms with Crippen LogP contribution in [-0.4, -0.2) is 125 Å². The van der Waals surface area contributed by atoms with Crippen molar-refractivity contribution in [2.24, 2.45) is 0 Å². The SMILES string of the molecule is C=CC(=O)N1CCN(c2nc(OC[C@H]3CCCN3C)nc3c2CCN(c2cc(C([CH2-])C[CH-]COc4nc([CH2-])c(C[CH2-])c(N(C[CH2-])C[CH-]CC#N)n4)cc4ccccc24)C3)CC1CC#N.C=C[C-]=O.Oc1c[c-]c2ccccc2c1.[CH3-].[Li+].[Li+].[Li+]. The molecule has 1 N–H and O–H groups in total. The second kappa shape index (κ2) is 35.7. The molecule has 0 aliphatic carbocycles. The van der Waals surface area contributed by atoms with E-state index in [-0.39, 0.29) is 107 Å². The van der Waals surface area contributed by atoms with Crippen molar-refractivity contribution >= 4 is 51.1 Å². The van der Waals surface area contributed by atoms with Crippen molar-refractivity contribution in [2.75, 3.05) is 80.8 Å². The predicted molar refractivity (Wildman–Crippen MR) is 317 cm³/mol. The van der Waals surface area contributed by atoms with Crippen LogP contribution in [0.15, 0.2) is 98.1 Å². The van der Waals surface area contributed by atoms with Gasteiger partial charge in [0.25, 0.3) is 0 Å². The van der Waals surface area contributed by atoms with Gasteiger partial charge in [-0.25, -0.2) is 36.2 Å². The van der Waals surface area contributed by atoms with E-state index in [0.717, 1.165) is 87.4 Å². The largest absolute Gasteiger partial charge is 1.00 e. The Bertz CT molecular complexity index is 3150. The van der Waals surface area contributed by atoms with E-state index in [4.69, 9.17) is 39.6 Å². The molecule has 4 aromatic carbocycles. The molecule has 0 radical (unpaired) electrons. The second-order valence-electron chi connectivity index (χ2n) is 19.4. The number of amides is 1. The number of benzene rings is 4. The van der Waals surface area contributed by atoms with Crippen molar-refractivity contribution in [3.63, 3.8) is 0 Å². The molecule has 2 fully saturated rings. The van der Waals surface area contributed by atoms with E-state index in [9.17, 15) is 10.1 Å². The number of carbonyl (C=O) groups is 1. The summed E-state index contributed by atoms with van der Waals surface area (Å²) in [6.45, 7) is 29.2. The van der Waals surface area contributed by atoms with E-state index < -0.39 is 0 Å². The molecule has 16 nitrogen and oxygen atoms in total. The molecule has 19 heteroatoms. The van der Waals surface area contributed by atoms with Crippen LogP contribution in [0.3, 0.4) is 0 Å². The summed E-state index contributed by atoms with van der Waals surface area (Å²) in [5, 5.41) is 32.2. The molecule has 1 amide bonds. The van der Waals surface area contributed by atoms with Crippen molar-refractivity contribution in [2.45, 2.75) is 69.5 Å². The first-order chi connectivity index (χ1) is 38.4. The number of likely N-dealkylation sites (tertiary alicyclic amines) is 1. The Hall–Kier alpha value is -6.42. The number of likely N-dealkylation sites (N-methyl/N-ethyl adjacent to an activating group) is 1. The fourth-order valence-corrected chi connectivity index (χ4v) is 10.1. The van der Waals surface area contributed by atoms with Gasteiger partial charge in [0.1, 0.15) is 12.4 Å². The Balaban J connectivity index is 0.000000826. The number of aromatic hydroxyl groups is 1. The van der Waals surface area contributed by atoms with Crippen LogP contribution in [0.2, 0.25) is 0 Å². The number of hydrogen-bond acceptors (Lipinski definition) is 15. The number of unbranched alkanes of at least 4 members (excludes halogenated alkanes) is 1. The molecule has 9 rings (SSSR count). The topological polar surface area (TPSA) is 188 Å². The molecule has 3 aliphatic heterocycles. The van der Waals surface area contributed by atoms with Gasteiger partial charge in [-0.2, -0.15) is 38.1 Å². The zero-order valence-corrected chi connectivity index (χ0v) is 49.2. The van der Waals surface area contributed by atoms with Gasteiger partial charge in [0, 0.05) is 66.5 Å². The van der Waals surface area contributed by atoms with Crippen molar-refractivity contribution in [1.82, 2.24) is 29.7 Å². The average molecular weight is 1100 g/mol. The molecule has 0 bridgehead atoms.